The van der Waals surface area contributed by atoms with Gasteiger partial charge in [-0.1, -0.05) is 11.6 Å². The van der Waals surface area contributed by atoms with Crippen LogP contribution in [0.1, 0.15) is 24.6 Å². The number of pyridine rings is 1. The number of hydrogen-bond acceptors (Lipinski definition) is 3. The summed E-state index contributed by atoms with van der Waals surface area (Å²) in [5, 5.41) is 9.22. The highest BCUT2D eigenvalue weighted by atomic mass is 35.5. The third-order valence-electron chi connectivity index (χ3n) is 5.22. The lowest BCUT2D eigenvalue weighted by molar-refractivity contribution is 0.344. The van der Waals surface area contributed by atoms with Gasteiger partial charge in [-0.25, -0.2) is 9.37 Å². The van der Waals surface area contributed by atoms with Crippen molar-refractivity contribution >= 4 is 28.2 Å². The maximum Gasteiger partial charge on any atom is 0.155 e. The van der Waals surface area contributed by atoms with Crippen LogP contribution >= 0.6 is 11.6 Å². The van der Waals surface area contributed by atoms with Crippen molar-refractivity contribution in [2.75, 3.05) is 13.1 Å². The van der Waals surface area contributed by atoms with Crippen LogP contribution in [0.4, 0.5) is 4.39 Å². The minimum absolute atomic E-state index is 0.312. The van der Waals surface area contributed by atoms with E-state index in [-0.39, 0.29) is 5.82 Å². The number of piperidine rings is 1. The fourth-order valence-electron chi connectivity index (χ4n) is 3.87. The number of nitrogens with one attached hydrogen (secondary N) is 1. The fourth-order valence-corrected chi connectivity index (χ4v) is 4.13. The Labute approximate surface area is 160 Å². The van der Waals surface area contributed by atoms with Gasteiger partial charge in [0.2, 0.25) is 0 Å². The number of aryl methyl sites for hydroxylation is 1. The molecule has 1 aromatic carbocycles. The van der Waals surface area contributed by atoms with Crippen LogP contribution in [0.2, 0.25) is 5.02 Å². The molecule has 4 heterocycles. The first-order valence-corrected chi connectivity index (χ1v) is 9.50. The van der Waals surface area contributed by atoms with Crippen molar-refractivity contribution in [1.82, 2.24) is 24.5 Å². The zero-order chi connectivity index (χ0) is 18.5. The van der Waals surface area contributed by atoms with Crippen molar-refractivity contribution < 1.29 is 4.39 Å². The molecule has 138 valence electrons. The van der Waals surface area contributed by atoms with E-state index in [1.165, 1.54) is 6.07 Å². The lowest BCUT2D eigenvalue weighted by Gasteiger charge is -2.22. The van der Waals surface area contributed by atoms with Crippen LogP contribution in [-0.2, 0) is 0 Å². The van der Waals surface area contributed by atoms with Crippen molar-refractivity contribution in [3.05, 3.63) is 53.3 Å². The van der Waals surface area contributed by atoms with Crippen molar-refractivity contribution in [2.24, 2.45) is 0 Å². The van der Waals surface area contributed by atoms with Gasteiger partial charge in [-0.15, -0.1) is 0 Å². The first-order valence-electron chi connectivity index (χ1n) is 9.13. The quantitative estimate of drug-likeness (QED) is 0.559. The third-order valence-corrected chi connectivity index (χ3v) is 5.50. The van der Waals surface area contributed by atoms with E-state index in [4.69, 9.17) is 11.6 Å². The van der Waals surface area contributed by atoms with Crippen LogP contribution in [0.15, 0.2) is 36.8 Å². The molecule has 7 heteroatoms. The van der Waals surface area contributed by atoms with E-state index >= 15 is 0 Å². The van der Waals surface area contributed by atoms with E-state index in [0.29, 0.717) is 22.2 Å². The van der Waals surface area contributed by atoms with Gasteiger partial charge < -0.3 is 9.72 Å². The van der Waals surface area contributed by atoms with Gasteiger partial charge >= 0.3 is 0 Å². The molecule has 1 N–H and O–H groups in total. The second-order valence-electron chi connectivity index (χ2n) is 7.18. The van der Waals surface area contributed by atoms with Gasteiger partial charge in [0.25, 0.3) is 0 Å². The van der Waals surface area contributed by atoms with Gasteiger partial charge in [0, 0.05) is 29.5 Å². The maximum absolute atomic E-state index is 14.8. The number of hydrogen-bond donors (Lipinski definition) is 1. The van der Waals surface area contributed by atoms with Crippen LogP contribution in [0.25, 0.3) is 27.7 Å². The standard InChI is InChI=1S/C20H19ClFN5/c1-12-9-26-10-14(7-17(21)20(26)24-12)13-6-15-11-27(16-2-4-23-5-3-16)25-19(15)18(22)8-13/h6-11,16,23H,2-5H2,1H3. The van der Waals surface area contributed by atoms with Crippen LogP contribution in [0, 0.1) is 12.7 Å². The molecular formula is C20H19ClFN5. The minimum Gasteiger partial charge on any atom is -0.317 e. The monoisotopic (exact) mass is 383 g/mol. The molecule has 5 rings (SSSR count). The Bertz CT molecular complexity index is 1160. The molecule has 0 unspecified atom stereocenters. The number of rotatable bonds is 2. The van der Waals surface area contributed by atoms with Gasteiger partial charge in [0.05, 0.1) is 16.8 Å². The first-order chi connectivity index (χ1) is 13.1. The average molecular weight is 384 g/mol. The Morgan fingerprint density at radius 1 is 1.11 bits per heavy atom. The predicted molar refractivity (Wildman–Crippen MR) is 105 cm³/mol. The molecule has 1 aliphatic heterocycles. The van der Waals surface area contributed by atoms with Gasteiger partial charge in [-0.05, 0) is 56.6 Å². The SMILES string of the molecule is Cc1cn2cc(-c3cc(F)c4nn(C5CCNCC5)cc4c3)cc(Cl)c2n1. The topological polar surface area (TPSA) is 47.1 Å². The molecule has 0 atom stereocenters. The molecule has 0 amide bonds. The first kappa shape index (κ1) is 16.7. The number of nitrogens with zero attached hydrogens (tertiary/aromatic N) is 4. The summed E-state index contributed by atoms with van der Waals surface area (Å²) in [7, 11) is 0. The Kier molecular flexibility index (Phi) is 3.91. The Balaban J connectivity index is 1.61. The third kappa shape index (κ3) is 2.89. The number of benzene rings is 1. The Morgan fingerprint density at radius 3 is 2.74 bits per heavy atom. The average Bonchev–Trinajstić information content (AvgIpc) is 3.26. The molecule has 0 radical (unpaired) electrons. The Morgan fingerprint density at radius 2 is 1.93 bits per heavy atom. The normalized spacial score (nSPS) is 15.8. The van der Waals surface area contributed by atoms with Crippen molar-refractivity contribution in [2.45, 2.75) is 25.8 Å². The zero-order valence-electron chi connectivity index (χ0n) is 14.9. The smallest absolute Gasteiger partial charge is 0.155 e. The molecule has 4 aromatic rings. The lowest BCUT2D eigenvalue weighted by Crippen LogP contribution is -2.29. The van der Waals surface area contributed by atoms with Crippen molar-refractivity contribution in [3.8, 4) is 11.1 Å². The summed E-state index contributed by atoms with van der Waals surface area (Å²) in [6.07, 6.45) is 7.82. The molecule has 1 fully saturated rings. The molecule has 0 bridgehead atoms. The minimum atomic E-state index is -0.312. The van der Waals surface area contributed by atoms with E-state index in [0.717, 1.165) is 48.1 Å². The Hall–Kier alpha value is -2.44. The summed E-state index contributed by atoms with van der Waals surface area (Å²) in [5.74, 6) is -0.312. The van der Waals surface area contributed by atoms with Crippen LogP contribution in [-0.4, -0.2) is 32.3 Å². The highest BCUT2D eigenvalue weighted by molar-refractivity contribution is 6.33. The largest absolute Gasteiger partial charge is 0.317 e. The fraction of sp³-hybridized carbons (Fsp3) is 0.300. The van der Waals surface area contributed by atoms with Crippen LogP contribution in [0.3, 0.4) is 0 Å². The summed E-state index contributed by atoms with van der Waals surface area (Å²) < 4.78 is 18.6. The van der Waals surface area contributed by atoms with Crippen molar-refractivity contribution in [3.63, 3.8) is 0 Å². The van der Waals surface area contributed by atoms with E-state index < -0.39 is 0 Å². The van der Waals surface area contributed by atoms with E-state index in [1.54, 1.807) is 0 Å². The second-order valence-corrected chi connectivity index (χ2v) is 7.58. The number of aromatic nitrogens is 4. The summed E-state index contributed by atoms with van der Waals surface area (Å²) in [6.45, 7) is 3.86. The van der Waals surface area contributed by atoms with Crippen LogP contribution in [0.5, 0.6) is 0 Å². The highest BCUT2D eigenvalue weighted by Gasteiger charge is 2.18. The summed E-state index contributed by atoms with van der Waals surface area (Å²) in [5.41, 5.74) is 3.64. The molecule has 0 spiro atoms. The molecule has 5 nitrogen and oxygen atoms in total. The summed E-state index contributed by atoms with van der Waals surface area (Å²) in [6, 6.07) is 5.66. The maximum atomic E-state index is 14.8. The highest BCUT2D eigenvalue weighted by Crippen LogP contribution is 2.31. The van der Waals surface area contributed by atoms with Gasteiger partial charge in [0.1, 0.15) is 5.52 Å². The predicted octanol–water partition coefficient (Wildman–Crippen LogP) is 4.38. The molecule has 0 saturated carbocycles. The second kappa shape index (κ2) is 6.32. The van der Waals surface area contributed by atoms with E-state index in [1.807, 2.05) is 46.7 Å². The summed E-state index contributed by atoms with van der Waals surface area (Å²) in [4.78, 5) is 4.41. The van der Waals surface area contributed by atoms with E-state index in [2.05, 4.69) is 15.4 Å². The molecule has 27 heavy (non-hydrogen) atoms. The van der Waals surface area contributed by atoms with Crippen molar-refractivity contribution in [1.29, 1.82) is 0 Å². The van der Waals surface area contributed by atoms with Gasteiger partial charge in [-0.2, -0.15) is 5.10 Å². The molecule has 0 aliphatic carbocycles. The zero-order valence-corrected chi connectivity index (χ0v) is 15.7. The molecule has 3 aromatic heterocycles. The lowest BCUT2D eigenvalue weighted by atomic mass is 10.1. The molecular weight excluding hydrogens is 365 g/mol. The van der Waals surface area contributed by atoms with Gasteiger partial charge in [-0.3, -0.25) is 4.68 Å². The van der Waals surface area contributed by atoms with Gasteiger partial charge in [0.15, 0.2) is 11.5 Å². The number of halogens is 2. The van der Waals surface area contributed by atoms with E-state index in [9.17, 15) is 4.39 Å². The number of imidazole rings is 1. The molecule has 1 aliphatic rings. The summed E-state index contributed by atoms with van der Waals surface area (Å²) >= 11 is 6.39. The number of fused-ring (bicyclic) bond motifs is 2. The van der Waals surface area contributed by atoms with Crippen LogP contribution < -0.4 is 5.32 Å². The molecule has 1 saturated heterocycles.